The third-order valence-electron chi connectivity index (χ3n) is 4.18. The Morgan fingerprint density at radius 2 is 2.12 bits per heavy atom. The van der Waals surface area contributed by atoms with Crippen LogP contribution in [0.15, 0.2) is 0 Å². The summed E-state index contributed by atoms with van der Waals surface area (Å²) in [4.78, 5) is 0.725. The highest BCUT2D eigenvalue weighted by Crippen LogP contribution is 2.31. The van der Waals surface area contributed by atoms with Crippen LogP contribution >= 0.6 is 27.7 Å². The lowest BCUT2D eigenvalue weighted by atomic mass is 9.94. The molecule has 0 aromatic carbocycles. The van der Waals surface area contributed by atoms with E-state index in [0.29, 0.717) is 12.2 Å². The fourth-order valence-electron chi connectivity index (χ4n) is 3.26. The smallest absolute Gasteiger partial charge is 0.0721 e. The Morgan fingerprint density at radius 3 is 3.00 bits per heavy atom. The van der Waals surface area contributed by atoms with Gasteiger partial charge in [-0.15, -0.1) is 0 Å². The molecule has 3 aliphatic rings. The first-order valence-corrected chi connectivity index (χ1v) is 8.78. The molecule has 98 valence electrons. The quantitative estimate of drug-likeness (QED) is 0.676. The van der Waals surface area contributed by atoms with E-state index in [9.17, 15) is 0 Å². The lowest BCUT2D eigenvalue weighted by Crippen LogP contribution is -2.64. The van der Waals surface area contributed by atoms with Crippen LogP contribution in [-0.2, 0) is 0 Å². The van der Waals surface area contributed by atoms with Crippen LogP contribution in [0.1, 0.15) is 32.1 Å². The molecule has 0 aromatic heterocycles. The van der Waals surface area contributed by atoms with E-state index >= 15 is 0 Å². The maximum atomic E-state index is 3.86. The number of rotatable bonds is 2. The van der Waals surface area contributed by atoms with Gasteiger partial charge in [0, 0.05) is 28.8 Å². The minimum atomic E-state index is 0.511. The zero-order valence-corrected chi connectivity index (χ0v) is 12.5. The van der Waals surface area contributed by atoms with Gasteiger partial charge < -0.3 is 5.32 Å². The predicted octanol–water partition coefficient (Wildman–Crippen LogP) is 1.63. The molecule has 0 amide bonds. The van der Waals surface area contributed by atoms with Crippen molar-refractivity contribution in [3.63, 3.8) is 0 Å². The molecule has 17 heavy (non-hydrogen) atoms. The van der Waals surface area contributed by atoms with Gasteiger partial charge in [-0.05, 0) is 31.4 Å². The molecule has 3 fully saturated rings. The average molecular weight is 320 g/mol. The maximum Gasteiger partial charge on any atom is 0.0721 e. The zero-order chi connectivity index (χ0) is 11.7. The van der Waals surface area contributed by atoms with E-state index in [1.807, 2.05) is 0 Å². The second kappa shape index (κ2) is 5.78. The van der Waals surface area contributed by atoms with Crippen LogP contribution in [0.2, 0.25) is 0 Å². The zero-order valence-electron chi connectivity index (χ0n) is 10.1. The van der Waals surface area contributed by atoms with Crippen LogP contribution in [0.4, 0.5) is 0 Å². The SMILES string of the molecule is BrC1CCCC(NC2NCNC3CCSC32)C1. The number of thioether (sulfide) groups is 1. The lowest BCUT2D eigenvalue weighted by Gasteiger charge is -2.39. The fraction of sp³-hybridized carbons (Fsp3) is 1.00. The molecule has 0 aromatic rings. The van der Waals surface area contributed by atoms with Gasteiger partial charge >= 0.3 is 0 Å². The number of hydrogen-bond acceptors (Lipinski definition) is 4. The Morgan fingerprint density at radius 1 is 1.18 bits per heavy atom. The molecular formula is C12H22BrN3S. The van der Waals surface area contributed by atoms with Crippen molar-refractivity contribution >= 4 is 27.7 Å². The van der Waals surface area contributed by atoms with Gasteiger partial charge in [0.05, 0.1) is 6.17 Å². The Balaban J connectivity index is 1.56. The molecule has 2 heterocycles. The molecule has 0 radical (unpaired) electrons. The molecule has 3 rings (SSSR count). The highest BCUT2D eigenvalue weighted by atomic mass is 79.9. The summed E-state index contributed by atoms with van der Waals surface area (Å²) in [6.07, 6.45) is 7.18. The molecule has 3 nitrogen and oxygen atoms in total. The van der Waals surface area contributed by atoms with Crippen molar-refractivity contribution in [3.05, 3.63) is 0 Å². The van der Waals surface area contributed by atoms with Crippen molar-refractivity contribution in [3.8, 4) is 0 Å². The number of hydrogen-bond donors (Lipinski definition) is 3. The molecule has 5 unspecified atom stereocenters. The second-order valence-electron chi connectivity index (χ2n) is 5.42. The lowest BCUT2D eigenvalue weighted by molar-refractivity contribution is 0.250. The molecule has 0 bridgehead atoms. The normalized spacial score (nSPS) is 46.8. The topological polar surface area (TPSA) is 36.1 Å². The Labute approximate surface area is 116 Å². The summed E-state index contributed by atoms with van der Waals surface area (Å²) in [5, 5.41) is 11.7. The van der Waals surface area contributed by atoms with Gasteiger partial charge in [0.25, 0.3) is 0 Å². The molecule has 2 saturated heterocycles. The summed E-state index contributed by atoms with van der Waals surface area (Å²) in [7, 11) is 0. The third-order valence-corrected chi connectivity index (χ3v) is 6.46. The second-order valence-corrected chi connectivity index (χ2v) is 8.00. The van der Waals surface area contributed by atoms with Gasteiger partial charge in [-0.2, -0.15) is 11.8 Å². The van der Waals surface area contributed by atoms with Crippen LogP contribution in [0.3, 0.4) is 0 Å². The predicted molar refractivity (Wildman–Crippen MR) is 77.7 cm³/mol. The van der Waals surface area contributed by atoms with Gasteiger partial charge in [0.15, 0.2) is 0 Å². The van der Waals surface area contributed by atoms with Gasteiger partial charge in [-0.3, -0.25) is 10.6 Å². The first-order chi connectivity index (χ1) is 8.33. The van der Waals surface area contributed by atoms with Crippen molar-refractivity contribution in [2.24, 2.45) is 0 Å². The van der Waals surface area contributed by atoms with Crippen LogP contribution in [0.25, 0.3) is 0 Å². The van der Waals surface area contributed by atoms with E-state index in [1.165, 1.54) is 37.9 Å². The van der Waals surface area contributed by atoms with Crippen LogP contribution in [0.5, 0.6) is 0 Å². The largest absolute Gasteiger partial charge is 0.300 e. The summed E-state index contributed by atoms with van der Waals surface area (Å²) >= 11 is 5.90. The van der Waals surface area contributed by atoms with Crippen LogP contribution in [0, 0.1) is 0 Å². The molecule has 5 atom stereocenters. The summed E-state index contributed by atoms with van der Waals surface area (Å²) in [5.74, 6) is 1.31. The molecule has 1 aliphatic carbocycles. The Kier molecular flexibility index (Phi) is 4.33. The van der Waals surface area contributed by atoms with Crippen LogP contribution in [-0.4, -0.2) is 40.7 Å². The van der Waals surface area contributed by atoms with E-state index in [0.717, 1.165) is 22.8 Å². The summed E-state index contributed by atoms with van der Waals surface area (Å²) in [5.41, 5.74) is 0. The van der Waals surface area contributed by atoms with Crippen LogP contribution < -0.4 is 16.0 Å². The minimum absolute atomic E-state index is 0.511. The van der Waals surface area contributed by atoms with Crippen molar-refractivity contribution in [1.29, 1.82) is 0 Å². The molecule has 0 spiro atoms. The number of halogens is 1. The summed E-state index contributed by atoms with van der Waals surface area (Å²) in [6, 6.07) is 1.42. The Hall–Kier alpha value is 0.710. The van der Waals surface area contributed by atoms with Crippen molar-refractivity contribution in [2.45, 2.75) is 60.4 Å². The van der Waals surface area contributed by atoms with Gasteiger partial charge in [-0.1, -0.05) is 22.4 Å². The Bertz CT molecular complexity index is 266. The number of fused-ring (bicyclic) bond motifs is 1. The van der Waals surface area contributed by atoms with E-state index in [2.05, 4.69) is 43.6 Å². The van der Waals surface area contributed by atoms with E-state index in [1.54, 1.807) is 0 Å². The first kappa shape index (κ1) is 12.7. The van der Waals surface area contributed by atoms with Gasteiger partial charge in [0.1, 0.15) is 0 Å². The first-order valence-electron chi connectivity index (χ1n) is 6.81. The molecular weight excluding hydrogens is 298 g/mol. The van der Waals surface area contributed by atoms with E-state index in [4.69, 9.17) is 0 Å². The molecule has 1 saturated carbocycles. The minimum Gasteiger partial charge on any atom is -0.300 e. The molecule has 5 heteroatoms. The molecule has 3 N–H and O–H groups in total. The van der Waals surface area contributed by atoms with E-state index in [-0.39, 0.29) is 0 Å². The number of nitrogens with one attached hydrogen (secondary N) is 3. The van der Waals surface area contributed by atoms with E-state index < -0.39 is 0 Å². The monoisotopic (exact) mass is 319 g/mol. The third kappa shape index (κ3) is 3.00. The number of alkyl halides is 1. The standard InChI is InChI=1S/C12H22BrN3S/c13-8-2-1-3-9(6-8)16-12-11-10(4-5-17-11)14-7-15-12/h8-12,14-16H,1-7H2. The van der Waals surface area contributed by atoms with Gasteiger partial charge in [-0.25, -0.2) is 0 Å². The average Bonchev–Trinajstić information content (AvgIpc) is 2.78. The van der Waals surface area contributed by atoms with Crippen molar-refractivity contribution in [2.75, 3.05) is 12.4 Å². The highest BCUT2D eigenvalue weighted by molar-refractivity contribution is 9.09. The van der Waals surface area contributed by atoms with Crippen molar-refractivity contribution < 1.29 is 0 Å². The summed E-state index contributed by atoms with van der Waals surface area (Å²) in [6.45, 7) is 0.962. The van der Waals surface area contributed by atoms with Gasteiger partial charge in [0.2, 0.25) is 0 Å². The maximum absolute atomic E-state index is 3.86. The highest BCUT2D eigenvalue weighted by Gasteiger charge is 2.38. The van der Waals surface area contributed by atoms with Crippen molar-refractivity contribution in [1.82, 2.24) is 16.0 Å². The summed E-state index contributed by atoms with van der Waals surface area (Å²) < 4.78 is 0. The fourth-order valence-corrected chi connectivity index (χ4v) is 5.53. The molecule has 2 aliphatic heterocycles.